The van der Waals surface area contributed by atoms with Gasteiger partial charge in [-0.25, -0.2) is 19.6 Å². The Morgan fingerprint density at radius 1 is 1.14 bits per heavy atom. The Bertz CT molecular complexity index is 985. The van der Waals surface area contributed by atoms with Crippen LogP contribution in [0.4, 0.5) is 5.82 Å². The minimum atomic E-state index is -0.0176. The van der Waals surface area contributed by atoms with Gasteiger partial charge in [-0.15, -0.1) is 0 Å². The molecule has 0 aliphatic carbocycles. The summed E-state index contributed by atoms with van der Waals surface area (Å²) in [7, 11) is 0. The van der Waals surface area contributed by atoms with Crippen LogP contribution in [0.15, 0.2) is 30.9 Å². The summed E-state index contributed by atoms with van der Waals surface area (Å²) in [4.78, 5) is 27.3. The molecule has 0 aromatic carbocycles. The largest absolute Gasteiger partial charge is 0.355 e. The highest BCUT2D eigenvalue weighted by Gasteiger charge is 2.33. The van der Waals surface area contributed by atoms with Crippen molar-refractivity contribution in [3.63, 3.8) is 0 Å². The second-order valence-corrected chi connectivity index (χ2v) is 7.13. The lowest BCUT2D eigenvalue weighted by molar-refractivity contribution is -0.125. The molecule has 4 heterocycles. The van der Waals surface area contributed by atoms with Gasteiger partial charge < -0.3 is 14.8 Å². The van der Waals surface area contributed by atoms with Crippen molar-refractivity contribution in [1.29, 1.82) is 0 Å². The fourth-order valence-electron chi connectivity index (χ4n) is 3.40. The van der Waals surface area contributed by atoms with E-state index in [2.05, 4.69) is 30.3 Å². The van der Waals surface area contributed by atoms with Gasteiger partial charge in [-0.05, 0) is 26.8 Å². The molecular formula is C19H24N8O. The molecule has 146 valence electrons. The molecule has 0 atom stereocenters. The van der Waals surface area contributed by atoms with E-state index in [-0.39, 0.29) is 11.8 Å². The molecule has 1 N–H and O–H groups in total. The molecule has 0 radical (unpaired) electrons. The van der Waals surface area contributed by atoms with Gasteiger partial charge in [0.15, 0.2) is 5.82 Å². The van der Waals surface area contributed by atoms with Gasteiger partial charge in [0.1, 0.15) is 18.0 Å². The molecule has 3 aromatic rings. The maximum absolute atomic E-state index is 12.3. The Labute approximate surface area is 163 Å². The fraction of sp³-hybridized carbons (Fsp3) is 0.421. The summed E-state index contributed by atoms with van der Waals surface area (Å²) < 4.78 is 3.83. The number of carbonyl (C=O) groups excluding carboxylic acids is 1. The summed E-state index contributed by atoms with van der Waals surface area (Å²) in [5.74, 6) is 2.57. The van der Waals surface area contributed by atoms with Crippen molar-refractivity contribution in [3.8, 4) is 5.82 Å². The van der Waals surface area contributed by atoms with Crippen molar-refractivity contribution in [1.82, 2.24) is 34.6 Å². The van der Waals surface area contributed by atoms with Crippen molar-refractivity contribution in [2.75, 3.05) is 24.5 Å². The molecule has 1 amide bonds. The predicted octanol–water partition coefficient (Wildman–Crippen LogP) is 1.04. The first-order valence-corrected chi connectivity index (χ1v) is 9.37. The molecular weight excluding hydrogens is 356 g/mol. The van der Waals surface area contributed by atoms with Gasteiger partial charge >= 0.3 is 0 Å². The first kappa shape index (κ1) is 18.1. The van der Waals surface area contributed by atoms with Crippen molar-refractivity contribution in [2.24, 2.45) is 5.92 Å². The van der Waals surface area contributed by atoms with Gasteiger partial charge in [-0.1, -0.05) is 0 Å². The van der Waals surface area contributed by atoms with E-state index in [1.165, 1.54) is 0 Å². The van der Waals surface area contributed by atoms with E-state index in [0.717, 1.165) is 35.4 Å². The molecule has 1 fully saturated rings. The minimum Gasteiger partial charge on any atom is -0.355 e. The number of aryl methyl sites for hydroxylation is 3. The third-order valence-corrected chi connectivity index (χ3v) is 5.02. The third-order valence-electron chi connectivity index (χ3n) is 5.02. The van der Waals surface area contributed by atoms with Crippen LogP contribution in [0.25, 0.3) is 5.82 Å². The Balaban J connectivity index is 1.31. The van der Waals surface area contributed by atoms with E-state index in [0.29, 0.717) is 19.6 Å². The van der Waals surface area contributed by atoms with Crippen LogP contribution in [-0.2, 0) is 11.3 Å². The number of hydrogen-bond acceptors (Lipinski definition) is 6. The summed E-state index contributed by atoms with van der Waals surface area (Å²) >= 11 is 0. The number of anilines is 1. The number of amides is 1. The Morgan fingerprint density at radius 3 is 2.61 bits per heavy atom. The molecule has 1 aliphatic rings. The second-order valence-electron chi connectivity index (χ2n) is 7.13. The van der Waals surface area contributed by atoms with E-state index >= 15 is 0 Å². The molecule has 1 saturated heterocycles. The number of carbonyl (C=O) groups is 1. The highest BCUT2D eigenvalue weighted by atomic mass is 16.2. The summed E-state index contributed by atoms with van der Waals surface area (Å²) in [6.45, 7) is 8.55. The van der Waals surface area contributed by atoms with Crippen LogP contribution in [0.1, 0.15) is 17.2 Å². The number of nitrogens with zero attached hydrogens (tertiary/aromatic N) is 7. The van der Waals surface area contributed by atoms with Crippen LogP contribution in [0, 0.1) is 26.7 Å². The second kappa shape index (κ2) is 7.41. The molecule has 3 aromatic heterocycles. The van der Waals surface area contributed by atoms with E-state index in [1.807, 2.05) is 48.3 Å². The van der Waals surface area contributed by atoms with Gasteiger partial charge in [-0.2, -0.15) is 5.10 Å². The summed E-state index contributed by atoms with van der Waals surface area (Å²) in [5, 5.41) is 7.47. The zero-order valence-electron chi connectivity index (χ0n) is 16.3. The maximum atomic E-state index is 12.3. The molecule has 0 unspecified atom stereocenters. The smallest absolute Gasteiger partial charge is 0.226 e. The van der Waals surface area contributed by atoms with Crippen LogP contribution >= 0.6 is 0 Å². The molecule has 4 rings (SSSR count). The summed E-state index contributed by atoms with van der Waals surface area (Å²) in [6, 6.07) is 3.92. The lowest BCUT2D eigenvalue weighted by Gasteiger charge is -2.39. The van der Waals surface area contributed by atoms with E-state index < -0.39 is 0 Å². The van der Waals surface area contributed by atoms with Crippen molar-refractivity contribution in [3.05, 3.63) is 48.1 Å². The van der Waals surface area contributed by atoms with E-state index in [4.69, 9.17) is 0 Å². The predicted molar refractivity (Wildman–Crippen MR) is 104 cm³/mol. The Morgan fingerprint density at radius 2 is 1.93 bits per heavy atom. The fourth-order valence-corrected chi connectivity index (χ4v) is 3.40. The first-order chi connectivity index (χ1) is 13.5. The average Bonchev–Trinajstić information content (AvgIpc) is 3.18. The third kappa shape index (κ3) is 3.60. The number of hydrogen-bond donors (Lipinski definition) is 1. The number of rotatable bonds is 6. The van der Waals surface area contributed by atoms with Gasteiger partial charge in [0.25, 0.3) is 0 Å². The van der Waals surface area contributed by atoms with Gasteiger partial charge in [0.05, 0.1) is 11.6 Å². The number of imidazole rings is 1. The quantitative estimate of drug-likeness (QED) is 0.687. The van der Waals surface area contributed by atoms with Crippen molar-refractivity contribution >= 4 is 11.7 Å². The standard InChI is InChI=1S/C19H24N8O/c1-13-8-14(2)27(24-13)18-9-17(22-12-23-18)26-10-16(11-26)19(28)21-5-7-25-6-4-20-15(25)3/h4,6,8-9,12,16H,5,7,10-11H2,1-3H3,(H,21,28). The maximum Gasteiger partial charge on any atom is 0.226 e. The zero-order chi connectivity index (χ0) is 19.7. The van der Waals surface area contributed by atoms with Crippen molar-refractivity contribution < 1.29 is 4.79 Å². The molecule has 9 heteroatoms. The number of aromatic nitrogens is 6. The monoisotopic (exact) mass is 380 g/mol. The lowest BCUT2D eigenvalue weighted by atomic mass is 9.99. The van der Waals surface area contributed by atoms with Gasteiger partial charge in [-0.3, -0.25) is 4.79 Å². The first-order valence-electron chi connectivity index (χ1n) is 9.37. The number of nitrogens with one attached hydrogen (secondary N) is 1. The van der Waals surface area contributed by atoms with Crippen LogP contribution in [0.3, 0.4) is 0 Å². The van der Waals surface area contributed by atoms with Gasteiger partial charge in [0, 0.05) is 50.3 Å². The SMILES string of the molecule is Cc1cc(C)n(-c2cc(N3CC(C(=O)NCCn4ccnc4C)C3)ncn2)n1. The molecule has 1 aliphatic heterocycles. The normalized spacial score (nSPS) is 14.2. The van der Waals surface area contributed by atoms with Crippen LogP contribution < -0.4 is 10.2 Å². The van der Waals surface area contributed by atoms with Crippen molar-refractivity contribution in [2.45, 2.75) is 27.3 Å². The lowest BCUT2D eigenvalue weighted by Crippen LogP contribution is -2.54. The Kier molecular flexibility index (Phi) is 4.81. The van der Waals surface area contributed by atoms with Crippen LogP contribution in [0.2, 0.25) is 0 Å². The summed E-state index contributed by atoms with van der Waals surface area (Å²) in [6.07, 6.45) is 5.23. The summed E-state index contributed by atoms with van der Waals surface area (Å²) in [5.41, 5.74) is 1.97. The minimum absolute atomic E-state index is 0.0176. The van der Waals surface area contributed by atoms with E-state index in [1.54, 1.807) is 12.5 Å². The highest BCUT2D eigenvalue weighted by molar-refractivity contribution is 5.81. The molecule has 0 saturated carbocycles. The highest BCUT2D eigenvalue weighted by Crippen LogP contribution is 2.24. The topological polar surface area (TPSA) is 93.8 Å². The van der Waals surface area contributed by atoms with E-state index in [9.17, 15) is 4.79 Å². The molecule has 0 bridgehead atoms. The molecule has 28 heavy (non-hydrogen) atoms. The zero-order valence-corrected chi connectivity index (χ0v) is 16.3. The molecule has 0 spiro atoms. The molecule has 9 nitrogen and oxygen atoms in total. The van der Waals surface area contributed by atoms with Crippen LogP contribution in [-0.4, -0.2) is 54.8 Å². The van der Waals surface area contributed by atoms with Crippen LogP contribution in [0.5, 0.6) is 0 Å². The average molecular weight is 380 g/mol. The Hall–Kier alpha value is -3.23. The van der Waals surface area contributed by atoms with Gasteiger partial charge in [0.2, 0.25) is 5.91 Å².